The number of hydrogen-bond acceptors (Lipinski definition) is 3. The fourth-order valence-corrected chi connectivity index (χ4v) is 2.53. The molecule has 0 radical (unpaired) electrons. The highest BCUT2D eigenvalue weighted by atomic mass is 16.5. The lowest BCUT2D eigenvalue weighted by atomic mass is 10.2. The zero-order chi connectivity index (χ0) is 17.1. The number of rotatable bonds is 9. The minimum absolute atomic E-state index is 0.816. The Hall–Kier alpha value is -1.75. The lowest BCUT2D eigenvalue weighted by Gasteiger charge is -2.24. The highest BCUT2D eigenvalue weighted by Gasteiger charge is 2.07. The van der Waals surface area contributed by atoms with Gasteiger partial charge in [-0.15, -0.1) is 0 Å². The Bertz CT molecular complexity index is 459. The number of aliphatic imine (C=N–C) groups is 1. The predicted octanol–water partition coefficient (Wildman–Crippen LogP) is 2.43. The number of methoxy groups -OCH3 is 1. The first-order valence-corrected chi connectivity index (χ1v) is 8.41. The Morgan fingerprint density at radius 3 is 2.39 bits per heavy atom. The van der Waals surface area contributed by atoms with Gasteiger partial charge in [0.05, 0.1) is 7.11 Å². The van der Waals surface area contributed by atoms with Crippen molar-refractivity contribution in [2.24, 2.45) is 4.99 Å². The van der Waals surface area contributed by atoms with Crippen LogP contribution in [0.2, 0.25) is 0 Å². The van der Waals surface area contributed by atoms with E-state index in [9.17, 15) is 0 Å². The summed E-state index contributed by atoms with van der Waals surface area (Å²) in [6.07, 6.45) is 1.19. The Morgan fingerprint density at radius 2 is 1.87 bits per heavy atom. The first kappa shape index (κ1) is 19.3. The molecule has 0 amide bonds. The number of ether oxygens (including phenoxy) is 1. The van der Waals surface area contributed by atoms with Crippen molar-refractivity contribution in [2.45, 2.75) is 26.8 Å². The van der Waals surface area contributed by atoms with E-state index in [1.807, 2.05) is 19.2 Å². The number of benzene rings is 1. The van der Waals surface area contributed by atoms with Gasteiger partial charge in [0.25, 0.3) is 0 Å². The van der Waals surface area contributed by atoms with Crippen molar-refractivity contribution in [3.05, 3.63) is 29.8 Å². The van der Waals surface area contributed by atoms with Gasteiger partial charge in [-0.3, -0.25) is 4.99 Å². The summed E-state index contributed by atoms with van der Waals surface area (Å²) in [5.74, 6) is 1.81. The third-order valence-electron chi connectivity index (χ3n) is 3.85. The van der Waals surface area contributed by atoms with Crippen molar-refractivity contribution in [3.8, 4) is 5.75 Å². The number of guanidine groups is 1. The van der Waals surface area contributed by atoms with Crippen molar-refractivity contribution in [3.63, 3.8) is 0 Å². The quantitative estimate of drug-likeness (QED) is 0.560. The fraction of sp³-hybridized carbons (Fsp3) is 0.611. The Balaban J connectivity index is 2.46. The van der Waals surface area contributed by atoms with Gasteiger partial charge in [-0.2, -0.15) is 0 Å². The summed E-state index contributed by atoms with van der Waals surface area (Å²) in [5.41, 5.74) is 1.23. The van der Waals surface area contributed by atoms with Crippen molar-refractivity contribution < 1.29 is 4.74 Å². The normalized spacial score (nSPS) is 11.7. The van der Waals surface area contributed by atoms with Crippen LogP contribution in [0.25, 0.3) is 0 Å². The van der Waals surface area contributed by atoms with Gasteiger partial charge in [-0.1, -0.05) is 26.0 Å². The molecule has 0 aliphatic rings. The van der Waals surface area contributed by atoms with Crippen LogP contribution in [-0.2, 0) is 6.54 Å². The molecule has 0 aliphatic carbocycles. The van der Waals surface area contributed by atoms with Gasteiger partial charge in [0.2, 0.25) is 0 Å². The average molecular weight is 320 g/mol. The number of likely N-dealkylation sites (N-methyl/N-ethyl adjacent to an activating group) is 1. The van der Waals surface area contributed by atoms with Crippen LogP contribution in [0.1, 0.15) is 25.8 Å². The van der Waals surface area contributed by atoms with E-state index in [0.29, 0.717) is 0 Å². The SMILES string of the molecule is CCCN(CC)CCNC(=NC)N(C)Cc1ccc(OC)cc1. The van der Waals surface area contributed by atoms with E-state index in [0.717, 1.165) is 44.4 Å². The minimum atomic E-state index is 0.816. The van der Waals surface area contributed by atoms with E-state index in [4.69, 9.17) is 4.74 Å². The number of hydrogen-bond donors (Lipinski definition) is 1. The molecule has 1 N–H and O–H groups in total. The van der Waals surface area contributed by atoms with Gasteiger partial charge in [0, 0.05) is 33.7 Å². The average Bonchev–Trinajstić information content (AvgIpc) is 2.58. The van der Waals surface area contributed by atoms with E-state index in [-0.39, 0.29) is 0 Å². The van der Waals surface area contributed by atoms with Crippen LogP contribution in [0.4, 0.5) is 0 Å². The molecule has 0 aliphatic heterocycles. The maximum absolute atomic E-state index is 5.19. The van der Waals surface area contributed by atoms with Gasteiger partial charge in [0.15, 0.2) is 5.96 Å². The van der Waals surface area contributed by atoms with E-state index < -0.39 is 0 Å². The van der Waals surface area contributed by atoms with Crippen LogP contribution in [0.15, 0.2) is 29.3 Å². The summed E-state index contributed by atoms with van der Waals surface area (Å²) in [7, 11) is 5.57. The highest BCUT2D eigenvalue weighted by molar-refractivity contribution is 5.79. The van der Waals surface area contributed by atoms with Crippen LogP contribution in [0, 0.1) is 0 Å². The van der Waals surface area contributed by atoms with Crippen molar-refractivity contribution in [1.82, 2.24) is 15.1 Å². The van der Waals surface area contributed by atoms with Crippen molar-refractivity contribution in [2.75, 3.05) is 47.4 Å². The Kier molecular flexibility index (Phi) is 9.14. The van der Waals surface area contributed by atoms with E-state index in [2.05, 4.69) is 53.1 Å². The topological polar surface area (TPSA) is 40.1 Å². The maximum atomic E-state index is 5.19. The minimum Gasteiger partial charge on any atom is -0.497 e. The molecule has 0 spiro atoms. The summed E-state index contributed by atoms with van der Waals surface area (Å²) in [6, 6.07) is 8.15. The molecule has 0 saturated carbocycles. The molecular formula is C18H32N4O. The molecule has 1 rings (SSSR count). The van der Waals surface area contributed by atoms with Crippen LogP contribution in [0.5, 0.6) is 5.75 Å². The first-order valence-electron chi connectivity index (χ1n) is 8.41. The lowest BCUT2D eigenvalue weighted by Crippen LogP contribution is -2.42. The first-order chi connectivity index (χ1) is 11.1. The van der Waals surface area contributed by atoms with Gasteiger partial charge in [-0.05, 0) is 37.2 Å². The molecule has 23 heavy (non-hydrogen) atoms. The molecule has 5 nitrogen and oxygen atoms in total. The maximum Gasteiger partial charge on any atom is 0.193 e. The summed E-state index contributed by atoms with van der Waals surface area (Å²) in [4.78, 5) is 8.96. The standard InChI is InChI=1S/C18H32N4O/c1-6-13-22(7-2)14-12-20-18(19-3)21(4)15-16-8-10-17(23-5)11-9-16/h8-11H,6-7,12-15H2,1-5H3,(H,19,20). The molecule has 0 aromatic heterocycles. The third kappa shape index (κ3) is 6.91. The second kappa shape index (κ2) is 10.9. The van der Waals surface area contributed by atoms with Crippen LogP contribution in [0.3, 0.4) is 0 Å². The van der Waals surface area contributed by atoms with E-state index in [1.54, 1.807) is 7.11 Å². The second-order valence-corrected chi connectivity index (χ2v) is 5.61. The number of nitrogens with one attached hydrogen (secondary N) is 1. The molecule has 130 valence electrons. The monoisotopic (exact) mass is 320 g/mol. The molecule has 0 saturated heterocycles. The largest absolute Gasteiger partial charge is 0.497 e. The van der Waals surface area contributed by atoms with Gasteiger partial charge < -0.3 is 19.9 Å². The molecule has 5 heteroatoms. The molecule has 0 fully saturated rings. The molecular weight excluding hydrogens is 288 g/mol. The highest BCUT2D eigenvalue weighted by Crippen LogP contribution is 2.12. The predicted molar refractivity (Wildman–Crippen MR) is 98.2 cm³/mol. The molecule has 0 unspecified atom stereocenters. The smallest absolute Gasteiger partial charge is 0.193 e. The second-order valence-electron chi connectivity index (χ2n) is 5.61. The zero-order valence-electron chi connectivity index (χ0n) is 15.3. The molecule has 1 aromatic rings. The molecule has 0 bridgehead atoms. The fourth-order valence-electron chi connectivity index (χ4n) is 2.53. The molecule has 1 aromatic carbocycles. The summed E-state index contributed by atoms with van der Waals surface area (Å²) < 4.78 is 5.19. The third-order valence-corrected chi connectivity index (χ3v) is 3.85. The summed E-state index contributed by atoms with van der Waals surface area (Å²) >= 11 is 0. The molecule has 0 heterocycles. The lowest BCUT2D eigenvalue weighted by molar-refractivity contribution is 0.291. The van der Waals surface area contributed by atoms with Crippen LogP contribution >= 0.6 is 0 Å². The van der Waals surface area contributed by atoms with E-state index in [1.165, 1.54) is 12.0 Å². The Morgan fingerprint density at radius 1 is 1.17 bits per heavy atom. The van der Waals surface area contributed by atoms with Gasteiger partial charge in [0.1, 0.15) is 5.75 Å². The van der Waals surface area contributed by atoms with Gasteiger partial charge in [-0.25, -0.2) is 0 Å². The summed E-state index contributed by atoms with van der Waals surface area (Å²) in [6.45, 7) is 9.44. The number of nitrogens with zero attached hydrogens (tertiary/aromatic N) is 3. The van der Waals surface area contributed by atoms with E-state index >= 15 is 0 Å². The van der Waals surface area contributed by atoms with Crippen LogP contribution in [-0.4, -0.2) is 63.1 Å². The van der Waals surface area contributed by atoms with Crippen molar-refractivity contribution >= 4 is 5.96 Å². The zero-order valence-corrected chi connectivity index (χ0v) is 15.3. The molecule has 0 atom stereocenters. The Labute approximate surface area is 141 Å². The van der Waals surface area contributed by atoms with Crippen LogP contribution < -0.4 is 10.1 Å². The summed E-state index contributed by atoms with van der Waals surface area (Å²) in [5, 5.41) is 3.44. The van der Waals surface area contributed by atoms with Gasteiger partial charge >= 0.3 is 0 Å². The van der Waals surface area contributed by atoms with Crippen molar-refractivity contribution in [1.29, 1.82) is 0 Å².